The smallest absolute Gasteiger partial charge is 0.241 e. The van der Waals surface area contributed by atoms with Gasteiger partial charge < -0.3 is 23.9 Å². The predicted octanol–water partition coefficient (Wildman–Crippen LogP) is 3.53. The van der Waals surface area contributed by atoms with Gasteiger partial charge in [-0.3, -0.25) is 9.69 Å². The first-order chi connectivity index (χ1) is 18.6. The second-order valence-corrected chi connectivity index (χ2v) is 9.43. The number of aromatic nitrogens is 4. The number of carbonyl (C=O) groups is 1. The maximum Gasteiger partial charge on any atom is 0.241 e. The van der Waals surface area contributed by atoms with Crippen molar-refractivity contribution in [3.05, 3.63) is 78.2 Å². The summed E-state index contributed by atoms with van der Waals surface area (Å²) < 4.78 is 18.2. The Bertz CT molecular complexity index is 1350. The van der Waals surface area contributed by atoms with E-state index in [4.69, 9.17) is 14.0 Å². The number of hydrogen-bond acceptors (Lipinski definition) is 8. The molecule has 5 rings (SSSR count). The van der Waals surface area contributed by atoms with Gasteiger partial charge in [-0.1, -0.05) is 29.4 Å². The molecule has 198 valence electrons. The number of nitrogens with one attached hydrogen (secondary N) is 1. The van der Waals surface area contributed by atoms with Gasteiger partial charge in [-0.05, 0) is 48.7 Å². The molecule has 1 saturated heterocycles. The van der Waals surface area contributed by atoms with Crippen LogP contribution in [0.4, 0.5) is 0 Å². The first-order valence-electron chi connectivity index (χ1n) is 12.7. The number of imidazole rings is 1. The summed E-state index contributed by atoms with van der Waals surface area (Å²) >= 11 is 0. The van der Waals surface area contributed by atoms with Crippen LogP contribution in [-0.2, 0) is 24.4 Å². The normalized spacial score (nSPS) is 15.8. The van der Waals surface area contributed by atoms with Gasteiger partial charge in [0.15, 0.2) is 11.5 Å². The lowest BCUT2D eigenvalue weighted by Crippen LogP contribution is -2.42. The van der Waals surface area contributed by atoms with E-state index in [1.54, 1.807) is 26.7 Å². The summed E-state index contributed by atoms with van der Waals surface area (Å²) in [4.78, 5) is 23.8. The fourth-order valence-corrected chi connectivity index (χ4v) is 4.78. The van der Waals surface area contributed by atoms with Crippen LogP contribution in [0.1, 0.15) is 29.9 Å². The predicted molar refractivity (Wildman–Crippen MR) is 140 cm³/mol. The fourth-order valence-electron chi connectivity index (χ4n) is 4.78. The molecule has 2 aromatic heterocycles. The second kappa shape index (κ2) is 11.9. The molecular formula is C28H32N6O4. The number of benzene rings is 2. The van der Waals surface area contributed by atoms with Gasteiger partial charge in [0.25, 0.3) is 0 Å². The second-order valence-electron chi connectivity index (χ2n) is 9.43. The van der Waals surface area contributed by atoms with Crippen LogP contribution in [-0.4, -0.2) is 57.8 Å². The SMILES string of the molecule is COc1ccc(-c2noc(CN3CCCC(C(=O)NCc4cccc(Cn5ccnc5)c4)C3)n2)cc1OC. The molecule has 1 unspecified atom stereocenters. The molecule has 10 heteroatoms. The Morgan fingerprint density at radius 3 is 2.79 bits per heavy atom. The van der Waals surface area contributed by atoms with Crippen molar-refractivity contribution in [3.8, 4) is 22.9 Å². The minimum atomic E-state index is -0.0777. The average Bonchev–Trinajstić information content (AvgIpc) is 3.64. The molecule has 38 heavy (non-hydrogen) atoms. The van der Waals surface area contributed by atoms with Crippen molar-refractivity contribution in [1.82, 2.24) is 29.9 Å². The lowest BCUT2D eigenvalue weighted by molar-refractivity contribution is -0.127. The monoisotopic (exact) mass is 516 g/mol. The van der Waals surface area contributed by atoms with Crippen LogP contribution in [0.5, 0.6) is 11.5 Å². The van der Waals surface area contributed by atoms with Gasteiger partial charge in [0, 0.05) is 37.6 Å². The molecule has 4 aromatic rings. The van der Waals surface area contributed by atoms with Gasteiger partial charge in [0.2, 0.25) is 17.6 Å². The van der Waals surface area contributed by atoms with E-state index in [1.807, 2.05) is 41.1 Å². The van der Waals surface area contributed by atoms with Gasteiger partial charge in [-0.25, -0.2) is 4.98 Å². The van der Waals surface area contributed by atoms with E-state index >= 15 is 0 Å². The number of nitrogens with zero attached hydrogens (tertiary/aromatic N) is 5. The van der Waals surface area contributed by atoms with Crippen molar-refractivity contribution in [2.45, 2.75) is 32.5 Å². The van der Waals surface area contributed by atoms with E-state index in [1.165, 1.54) is 5.56 Å². The molecule has 1 fully saturated rings. The Balaban J connectivity index is 1.14. The molecule has 2 aromatic carbocycles. The van der Waals surface area contributed by atoms with Crippen molar-refractivity contribution in [2.24, 2.45) is 5.92 Å². The third kappa shape index (κ3) is 6.20. The lowest BCUT2D eigenvalue weighted by atomic mass is 9.97. The van der Waals surface area contributed by atoms with Crippen LogP contribution in [0.15, 0.2) is 65.7 Å². The number of carbonyl (C=O) groups excluding carboxylic acids is 1. The highest BCUT2D eigenvalue weighted by molar-refractivity contribution is 5.79. The van der Waals surface area contributed by atoms with E-state index < -0.39 is 0 Å². The Morgan fingerprint density at radius 1 is 1.11 bits per heavy atom. The van der Waals surface area contributed by atoms with E-state index in [9.17, 15) is 4.79 Å². The molecule has 10 nitrogen and oxygen atoms in total. The van der Waals surface area contributed by atoms with E-state index in [0.29, 0.717) is 42.8 Å². The topological polar surface area (TPSA) is 108 Å². The van der Waals surface area contributed by atoms with Gasteiger partial charge in [0.1, 0.15) is 0 Å². The first-order valence-corrected chi connectivity index (χ1v) is 12.7. The molecule has 1 amide bonds. The van der Waals surface area contributed by atoms with Crippen LogP contribution in [0.3, 0.4) is 0 Å². The standard InChI is InChI=1S/C28H32N6O4/c1-36-24-9-8-22(14-25(24)37-2)27-31-26(38-32-27)18-33-11-4-7-23(17-33)28(35)30-15-20-5-3-6-21(13-20)16-34-12-10-29-19-34/h3,5-6,8-10,12-14,19,23H,4,7,11,15-18H2,1-2H3,(H,30,35). The minimum Gasteiger partial charge on any atom is -0.493 e. The highest BCUT2D eigenvalue weighted by Gasteiger charge is 2.27. The molecule has 1 aliphatic heterocycles. The Kier molecular flexibility index (Phi) is 7.98. The molecule has 0 aliphatic carbocycles. The molecule has 0 radical (unpaired) electrons. The number of piperidine rings is 1. The maximum atomic E-state index is 13.0. The minimum absolute atomic E-state index is 0.0752. The average molecular weight is 517 g/mol. The summed E-state index contributed by atoms with van der Waals surface area (Å²) in [6.07, 6.45) is 7.31. The summed E-state index contributed by atoms with van der Waals surface area (Å²) in [6, 6.07) is 13.8. The fraction of sp³-hybridized carbons (Fsp3) is 0.357. The summed E-state index contributed by atoms with van der Waals surface area (Å²) in [5, 5.41) is 7.26. The van der Waals surface area contributed by atoms with E-state index in [-0.39, 0.29) is 11.8 Å². The quantitative estimate of drug-likeness (QED) is 0.341. The third-order valence-corrected chi connectivity index (χ3v) is 6.73. The zero-order valence-electron chi connectivity index (χ0n) is 21.7. The molecule has 1 atom stereocenters. The third-order valence-electron chi connectivity index (χ3n) is 6.73. The lowest BCUT2D eigenvalue weighted by Gasteiger charge is -2.30. The molecule has 0 bridgehead atoms. The molecule has 0 saturated carbocycles. The van der Waals surface area contributed by atoms with Gasteiger partial charge in [-0.2, -0.15) is 4.98 Å². The first kappa shape index (κ1) is 25.5. The van der Waals surface area contributed by atoms with Crippen LogP contribution in [0.25, 0.3) is 11.4 Å². The largest absolute Gasteiger partial charge is 0.493 e. The molecule has 1 N–H and O–H groups in total. The van der Waals surface area contributed by atoms with Gasteiger partial charge >= 0.3 is 0 Å². The highest BCUT2D eigenvalue weighted by Crippen LogP contribution is 2.31. The van der Waals surface area contributed by atoms with E-state index in [0.717, 1.165) is 37.1 Å². The summed E-state index contributed by atoms with van der Waals surface area (Å²) in [5.74, 6) is 2.25. The number of likely N-dealkylation sites (tertiary alicyclic amines) is 1. The number of ether oxygens (including phenoxy) is 2. The zero-order valence-corrected chi connectivity index (χ0v) is 21.7. The molecular weight excluding hydrogens is 484 g/mol. The van der Waals surface area contributed by atoms with Crippen LogP contribution >= 0.6 is 0 Å². The van der Waals surface area contributed by atoms with Crippen LogP contribution < -0.4 is 14.8 Å². The van der Waals surface area contributed by atoms with Crippen LogP contribution in [0.2, 0.25) is 0 Å². The number of amides is 1. The summed E-state index contributed by atoms with van der Waals surface area (Å²) in [7, 11) is 3.19. The van der Waals surface area contributed by atoms with Crippen molar-refractivity contribution in [3.63, 3.8) is 0 Å². The van der Waals surface area contributed by atoms with Gasteiger partial charge in [-0.15, -0.1) is 0 Å². The van der Waals surface area contributed by atoms with Crippen molar-refractivity contribution in [1.29, 1.82) is 0 Å². The molecule has 1 aliphatic rings. The number of rotatable bonds is 10. The Morgan fingerprint density at radius 2 is 1.97 bits per heavy atom. The number of hydrogen-bond donors (Lipinski definition) is 1. The molecule has 3 heterocycles. The van der Waals surface area contributed by atoms with Crippen molar-refractivity contribution < 1.29 is 18.8 Å². The molecule has 0 spiro atoms. The summed E-state index contributed by atoms with van der Waals surface area (Å²) in [5.41, 5.74) is 3.03. The van der Waals surface area contributed by atoms with Crippen molar-refractivity contribution in [2.75, 3.05) is 27.3 Å². The number of methoxy groups -OCH3 is 2. The Hall–Kier alpha value is -4.18. The van der Waals surface area contributed by atoms with Gasteiger partial charge in [0.05, 0.1) is 33.0 Å². The Labute approximate surface area is 221 Å². The van der Waals surface area contributed by atoms with Crippen molar-refractivity contribution >= 4 is 5.91 Å². The summed E-state index contributed by atoms with van der Waals surface area (Å²) in [6.45, 7) is 3.29. The van der Waals surface area contributed by atoms with E-state index in [2.05, 4.69) is 37.5 Å². The van der Waals surface area contributed by atoms with Crippen LogP contribution in [0, 0.1) is 5.92 Å². The highest BCUT2D eigenvalue weighted by atomic mass is 16.5. The maximum absolute atomic E-state index is 13.0. The zero-order chi connectivity index (χ0) is 26.3.